The SMILES string of the molecule is Cn1cc(CN2CCOC(C(=O)Nc3ccccc3)C2)c2cc(F)ccc21. The van der Waals surface area contributed by atoms with E-state index in [1.54, 1.807) is 12.1 Å². The highest BCUT2D eigenvalue weighted by atomic mass is 19.1. The molecule has 2 heterocycles. The average Bonchev–Trinajstić information content (AvgIpc) is 2.97. The molecular weight excluding hydrogens is 345 g/mol. The molecule has 5 nitrogen and oxygen atoms in total. The van der Waals surface area contributed by atoms with Crippen LogP contribution in [0.25, 0.3) is 10.9 Å². The Morgan fingerprint density at radius 3 is 2.89 bits per heavy atom. The van der Waals surface area contributed by atoms with Gasteiger partial charge in [0.1, 0.15) is 11.9 Å². The Morgan fingerprint density at radius 1 is 1.26 bits per heavy atom. The topological polar surface area (TPSA) is 46.5 Å². The standard InChI is InChI=1S/C21H22FN3O2/c1-24-12-15(18-11-16(22)7-8-19(18)24)13-25-9-10-27-20(14-25)21(26)23-17-5-3-2-4-6-17/h2-8,11-12,20H,9-10,13-14H2,1H3,(H,23,26). The molecule has 1 amide bonds. The first-order chi connectivity index (χ1) is 13.1. The third kappa shape index (κ3) is 3.86. The lowest BCUT2D eigenvalue weighted by molar-refractivity contribution is -0.133. The number of rotatable bonds is 4. The van der Waals surface area contributed by atoms with Crippen molar-refractivity contribution in [1.29, 1.82) is 0 Å². The van der Waals surface area contributed by atoms with Gasteiger partial charge in [-0.15, -0.1) is 0 Å². The number of amides is 1. The fourth-order valence-corrected chi connectivity index (χ4v) is 3.56. The quantitative estimate of drug-likeness (QED) is 0.771. The molecule has 0 radical (unpaired) electrons. The number of aromatic nitrogens is 1. The van der Waals surface area contributed by atoms with Crippen LogP contribution in [0, 0.1) is 5.82 Å². The van der Waals surface area contributed by atoms with E-state index in [1.165, 1.54) is 6.07 Å². The third-order valence-electron chi connectivity index (χ3n) is 4.91. The second-order valence-corrected chi connectivity index (χ2v) is 6.88. The number of aryl methyl sites for hydroxylation is 1. The molecule has 0 bridgehead atoms. The summed E-state index contributed by atoms with van der Waals surface area (Å²) in [6.45, 7) is 2.39. The number of hydrogen-bond acceptors (Lipinski definition) is 3. The average molecular weight is 367 g/mol. The van der Waals surface area contributed by atoms with E-state index in [-0.39, 0.29) is 11.7 Å². The normalized spacial score (nSPS) is 17.9. The molecule has 1 atom stereocenters. The second kappa shape index (κ2) is 7.50. The molecule has 1 N–H and O–H groups in total. The number of nitrogens with one attached hydrogen (secondary N) is 1. The number of para-hydroxylation sites is 1. The molecule has 6 heteroatoms. The van der Waals surface area contributed by atoms with E-state index in [2.05, 4.69) is 10.2 Å². The van der Waals surface area contributed by atoms with E-state index in [0.717, 1.165) is 28.7 Å². The van der Waals surface area contributed by atoms with Gasteiger partial charge in [-0.3, -0.25) is 9.69 Å². The molecule has 2 aromatic carbocycles. The first-order valence-corrected chi connectivity index (χ1v) is 9.03. The van der Waals surface area contributed by atoms with Gasteiger partial charge in [-0.1, -0.05) is 18.2 Å². The maximum Gasteiger partial charge on any atom is 0.254 e. The van der Waals surface area contributed by atoms with Gasteiger partial charge in [-0.25, -0.2) is 4.39 Å². The summed E-state index contributed by atoms with van der Waals surface area (Å²) in [5, 5.41) is 3.80. The van der Waals surface area contributed by atoms with Gasteiger partial charge in [0.05, 0.1) is 6.61 Å². The van der Waals surface area contributed by atoms with Crippen molar-refractivity contribution in [2.75, 3.05) is 25.0 Å². The maximum atomic E-state index is 13.7. The number of halogens is 1. The van der Waals surface area contributed by atoms with E-state index in [9.17, 15) is 9.18 Å². The minimum absolute atomic E-state index is 0.144. The second-order valence-electron chi connectivity index (χ2n) is 6.88. The Labute approximate surface area is 157 Å². The van der Waals surface area contributed by atoms with E-state index in [0.29, 0.717) is 19.7 Å². The summed E-state index contributed by atoms with van der Waals surface area (Å²) in [4.78, 5) is 14.7. The summed E-state index contributed by atoms with van der Waals surface area (Å²) < 4.78 is 21.4. The summed E-state index contributed by atoms with van der Waals surface area (Å²) in [6.07, 6.45) is 1.50. The first kappa shape index (κ1) is 17.7. The van der Waals surface area contributed by atoms with Crippen LogP contribution in [-0.4, -0.2) is 41.2 Å². The third-order valence-corrected chi connectivity index (χ3v) is 4.91. The Kier molecular flexibility index (Phi) is 4.92. The molecule has 1 aromatic heterocycles. The zero-order chi connectivity index (χ0) is 18.8. The summed E-state index contributed by atoms with van der Waals surface area (Å²) in [6, 6.07) is 14.2. The maximum absolute atomic E-state index is 13.7. The number of ether oxygens (including phenoxy) is 1. The van der Waals surface area contributed by atoms with Crippen LogP contribution < -0.4 is 5.32 Å². The van der Waals surface area contributed by atoms with Crippen molar-refractivity contribution in [3.8, 4) is 0 Å². The number of anilines is 1. The predicted molar refractivity (Wildman–Crippen MR) is 103 cm³/mol. The summed E-state index contributed by atoms with van der Waals surface area (Å²) >= 11 is 0. The van der Waals surface area contributed by atoms with Crippen LogP contribution in [-0.2, 0) is 23.1 Å². The van der Waals surface area contributed by atoms with Gasteiger partial charge in [0.25, 0.3) is 5.91 Å². The van der Waals surface area contributed by atoms with Crippen molar-refractivity contribution in [2.45, 2.75) is 12.6 Å². The zero-order valence-corrected chi connectivity index (χ0v) is 15.2. The number of hydrogen-bond donors (Lipinski definition) is 1. The lowest BCUT2D eigenvalue weighted by Crippen LogP contribution is -2.47. The lowest BCUT2D eigenvalue weighted by atomic mass is 10.1. The summed E-state index contributed by atoms with van der Waals surface area (Å²) in [7, 11) is 1.96. The van der Waals surface area contributed by atoms with Crippen molar-refractivity contribution in [1.82, 2.24) is 9.47 Å². The molecule has 27 heavy (non-hydrogen) atoms. The molecule has 1 aliphatic heterocycles. The summed E-state index contributed by atoms with van der Waals surface area (Å²) in [5.41, 5.74) is 2.81. The zero-order valence-electron chi connectivity index (χ0n) is 15.2. The smallest absolute Gasteiger partial charge is 0.254 e. The largest absolute Gasteiger partial charge is 0.366 e. The van der Waals surface area contributed by atoms with Gasteiger partial charge in [0, 0.05) is 49.5 Å². The van der Waals surface area contributed by atoms with Gasteiger partial charge in [0.15, 0.2) is 0 Å². The Bertz CT molecular complexity index is 955. The first-order valence-electron chi connectivity index (χ1n) is 9.03. The molecule has 1 aliphatic rings. The van der Waals surface area contributed by atoms with Crippen molar-refractivity contribution < 1.29 is 13.9 Å². The van der Waals surface area contributed by atoms with Crippen LogP contribution in [0.1, 0.15) is 5.56 Å². The minimum Gasteiger partial charge on any atom is -0.366 e. The van der Waals surface area contributed by atoms with Crippen LogP contribution in [0.15, 0.2) is 54.7 Å². The van der Waals surface area contributed by atoms with Crippen LogP contribution in [0.5, 0.6) is 0 Å². The fourth-order valence-electron chi connectivity index (χ4n) is 3.56. The number of carbonyl (C=O) groups is 1. The van der Waals surface area contributed by atoms with Crippen LogP contribution in [0.2, 0.25) is 0 Å². The Hall–Kier alpha value is -2.70. The molecule has 1 fully saturated rings. The minimum atomic E-state index is -0.523. The monoisotopic (exact) mass is 367 g/mol. The van der Waals surface area contributed by atoms with Gasteiger partial charge in [0.2, 0.25) is 0 Å². The molecule has 0 saturated carbocycles. The number of carbonyl (C=O) groups excluding carboxylic acids is 1. The number of morpholine rings is 1. The number of fused-ring (bicyclic) bond motifs is 1. The highest BCUT2D eigenvalue weighted by Gasteiger charge is 2.27. The van der Waals surface area contributed by atoms with Gasteiger partial charge >= 0.3 is 0 Å². The molecule has 4 rings (SSSR count). The van der Waals surface area contributed by atoms with Gasteiger partial charge < -0.3 is 14.6 Å². The number of nitrogens with zero attached hydrogens (tertiary/aromatic N) is 2. The highest BCUT2D eigenvalue weighted by molar-refractivity contribution is 5.94. The Morgan fingerprint density at radius 2 is 2.07 bits per heavy atom. The van der Waals surface area contributed by atoms with E-state index >= 15 is 0 Å². The van der Waals surface area contributed by atoms with Crippen molar-refractivity contribution in [3.63, 3.8) is 0 Å². The van der Waals surface area contributed by atoms with Crippen molar-refractivity contribution in [2.24, 2.45) is 7.05 Å². The van der Waals surface area contributed by atoms with Crippen LogP contribution >= 0.6 is 0 Å². The molecule has 1 saturated heterocycles. The summed E-state index contributed by atoms with van der Waals surface area (Å²) in [5.74, 6) is -0.382. The van der Waals surface area contributed by atoms with Gasteiger partial charge in [-0.2, -0.15) is 0 Å². The van der Waals surface area contributed by atoms with E-state index < -0.39 is 6.10 Å². The fraction of sp³-hybridized carbons (Fsp3) is 0.286. The molecule has 140 valence electrons. The molecular formula is C21H22FN3O2. The molecule has 1 unspecified atom stereocenters. The predicted octanol–water partition coefficient (Wildman–Crippen LogP) is 3.16. The molecule has 3 aromatic rings. The molecule has 0 aliphatic carbocycles. The van der Waals surface area contributed by atoms with Gasteiger partial charge in [-0.05, 0) is 35.9 Å². The van der Waals surface area contributed by atoms with Crippen molar-refractivity contribution in [3.05, 3.63) is 66.1 Å². The Balaban J connectivity index is 1.46. The molecule has 0 spiro atoms. The van der Waals surface area contributed by atoms with Crippen LogP contribution in [0.4, 0.5) is 10.1 Å². The lowest BCUT2D eigenvalue weighted by Gasteiger charge is -2.32. The van der Waals surface area contributed by atoms with E-state index in [1.807, 2.05) is 48.1 Å². The number of benzene rings is 2. The van der Waals surface area contributed by atoms with E-state index in [4.69, 9.17) is 4.74 Å². The highest BCUT2D eigenvalue weighted by Crippen LogP contribution is 2.24. The van der Waals surface area contributed by atoms with Crippen molar-refractivity contribution >= 4 is 22.5 Å². The van der Waals surface area contributed by atoms with Crippen LogP contribution in [0.3, 0.4) is 0 Å².